The molecule has 0 atom stereocenters. The van der Waals surface area contributed by atoms with E-state index in [2.05, 4.69) is 0 Å². The zero-order valence-corrected chi connectivity index (χ0v) is 13.0. The van der Waals surface area contributed by atoms with Gasteiger partial charge in [-0.2, -0.15) is 8.42 Å². The molecule has 0 heterocycles. The Morgan fingerprint density at radius 2 is 1.55 bits per heavy atom. The minimum Gasteiger partial charge on any atom is -0.395 e. The first kappa shape index (κ1) is 16.6. The lowest BCUT2D eigenvalue weighted by atomic mass is 10.3. The van der Waals surface area contributed by atoms with Crippen LogP contribution >= 0.6 is 23.2 Å². The molecule has 6 nitrogen and oxygen atoms in total. The number of rotatable bonds is 3. The maximum atomic E-state index is 11.6. The molecule has 0 amide bonds. The van der Waals surface area contributed by atoms with Crippen molar-refractivity contribution in [1.29, 1.82) is 0 Å². The highest BCUT2D eigenvalue weighted by molar-refractivity contribution is 7.86. The Morgan fingerprint density at radius 3 is 2.14 bits per heavy atom. The topological polar surface area (TPSA) is 89.9 Å². The number of halogens is 2. The lowest BCUT2D eigenvalue weighted by molar-refractivity contribution is 0.150. The zero-order valence-electron chi connectivity index (χ0n) is 10.7. The summed E-state index contributed by atoms with van der Waals surface area (Å²) >= 11 is 11.3. The van der Waals surface area contributed by atoms with Crippen molar-refractivity contribution in [2.45, 2.75) is 4.90 Å². The summed E-state index contributed by atoms with van der Waals surface area (Å²) in [6, 6.07) is 9.20. The van der Waals surface area contributed by atoms with E-state index >= 15 is 0 Å². The molecule has 2 aromatic rings. The fraction of sp³-hybridized carbons (Fsp3) is 0. The van der Waals surface area contributed by atoms with Gasteiger partial charge < -0.3 is 9.47 Å². The third-order valence-corrected chi connectivity index (χ3v) is 3.75. The Kier molecular flexibility index (Phi) is 4.92. The lowest BCUT2D eigenvalue weighted by Gasteiger charge is -2.08. The molecule has 2 aromatic carbocycles. The maximum Gasteiger partial charge on any atom is 0.519 e. The normalized spacial score (nSPS) is 11.0. The molecule has 0 bridgehead atoms. The van der Waals surface area contributed by atoms with Crippen LogP contribution in [-0.4, -0.2) is 19.1 Å². The van der Waals surface area contributed by atoms with Crippen LogP contribution in [0.1, 0.15) is 0 Å². The van der Waals surface area contributed by atoms with Gasteiger partial charge in [0.2, 0.25) is 0 Å². The third-order valence-electron chi connectivity index (χ3n) is 2.39. The molecule has 0 aromatic heterocycles. The third kappa shape index (κ3) is 4.35. The van der Waals surface area contributed by atoms with Crippen molar-refractivity contribution in [2.24, 2.45) is 0 Å². The highest BCUT2D eigenvalue weighted by Gasteiger charge is 2.20. The Labute approximate surface area is 135 Å². The molecule has 0 spiro atoms. The summed E-state index contributed by atoms with van der Waals surface area (Å²) in [6.45, 7) is 0. The smallest absolute Gasteiger partial charge is 0.395 e. The number of carbonyl (C=O) groups is 1. The quantitative estimate of drug-likeness (QED) is 0.507. The van der Waals surface area contributed by atoms with Crippen LogP contribution in [0.2, 0.25) is 10.0 Å². The van der Waals surface area contributed by atoms with Crippen LogP contribution in [0.3, 0.4) is 0 Å². The van der Waals surface area contributed by atoms with Crippen molar-refractivity contribution in [3.05, 3.63) is 52.5 Å². The molecule has 22 heavy (non-hydrogen) atoms. The predicted molar refractivity (Wildman–Crippen MR) is 79.4 cm³/mol. The molecule has 0 unspecified atom stereocenters. The van der Waals surface area contributed by atoms with Crippen LogP contribution in [0.5, 0.6) is 11.5 Å². The molecule has 1 N–H and O–H groups in total. The van der Waals surface area contributed by atoms with E-state index in [4.69, 9.17) is 37.2 Å². The van der Waals surface area contributed by atoms with Crippen molar-refractivity contribution in [3.8, 4) is 11.5 Å². The highest BCUT2D eigenvalue weighted by atomic mass is 35.5. The zero-order chi connectivity index (χ0) is 16.3. The van der Waals surface area contributed by atoms with Gasteiger partial charge in [-0.05, 0) is 42.5 Å². The molecule has 116 valence electrons. The first-order valence-electron chi connectivity index (χ1n) is 5.68. The van der Waals surface area contributed by atoms with Gasteiger partial charge in [-0.25, -0.2) is 4.79 Å². The fourth-order valence-electron chi connectivity index (χ4n) is 1.48. The van der Waals surface area contributed by atoms with E-state index in [9.17, 15) is 13.2 Å². The Morgan fingerprint density at radius 1 is 0.955 bits per heavy atom. The molecular formula is C13H8Cl2O6S. The van der Waals surface area contributed by atoms with Crippen molar-refractivity contribution in [1.82, 2.24) is 0 Å². The van der Waals surface area contributed by atoms with Gasteiger partial charge in [-0.1, -0.05) is 23.2 Å². The average Bonchev–Trinajstić information content (AvgIpc) is 2.42. The average molecular weight is 363 g/mol. The standard InChI is InChI=1S/C13H8Cl2O6S/c14-8-1-4-10(5-2-8)20-13(16)21-11-6-3-9(15)7-12(11)22(17,18)19/h1-7H,(H,17,18,19). The lowest BCUT2D eigenvalue weighted by Crippen LogP contribution is -2.15. The first-order chi connectivity index (χ1) is 10.3. The first-order valence-corrected chi connectivity index (χ1v) is 7.87. The van der Waals surface area contributed by atoms with Gasteiger partial charge in [0.15, 0.2) is 5.75 Å². The summed E-state index contributed by atoms with van der Waals surface area (Å²) in [5.41, 5.74) is 0. The Balaban J connectivity index is 2.20. The van der Waals surface area contributed by atoms with Crippen molar-refractivity contribution >= 4 is 39.5 Å². The van der Waals surface area contributed by atoms with Gasteiger partial charge in [0.05, 0.1) is 0 Å². The monoisotopic (exact) mass is 362 g/mol. The van der Waals surface area contributed by atoms with Crippen LogP contribution in [0.25, 0.3) is 0 Å². The summed E-state index contributed by atoms with van der Waals surface area (Å²) in [4.78, 5) is 11.0. The molecule has 0 fully saturated rings. The fourth-order valence-corrected chi connectivity index (χ4v) is 2.48. The highest BCUT2D eigenvalue weighted by Crippen LogP contribution is 2.27. The largest absolute Gasteiger partial charge is 0.519 e. The molecule has 0 saturated heterocycles. The van der Waals surface area contributed by atoms with E-state index in [1.54, 1.807) is 0 Å². The van der Waals surface area contributed by atoms with Gasteiger partial charge >= 0.3 is 6.16 Å². The van der Waals surface area contributed by atoms with E-state index in [1.165, 1.54) is 30.3 Å². The number of ether oxygens (including phenoxy) is 2. The SMILES string of the molecule is O=C(Oc1ccc(Cl)cc1)Oc1ccc(Cl)cc1S(=O)(=O)O. The summed E-state index contributed by atoms with van der Waals surface area (Å²) < 4.78 is 41.2. The van der Waals surface area contributed by atoms with Gasteiger partial charge in [0.25, 0.3) is 10.1 Å². The molecule has 0 aliphatic rings. The van der Waals surface area contributed by atoms with Crippen LogP contribution in [0, 0.1) is 0 Å². The number of carbonyl (C=O) groups excluding carboxylic acids is 1. The van der Waals surface area contributed by atoms with Gasteiger partial charge in [0.1, 0.15) is 10.6 Å². The minimum absolute atomic E-state index is 0.0473. The van der Waals surface area contributed by atoms with Gasteiger partial charge in [-0.15, -0.1) is 0 Å². The molecule has 9 heteroatoms. The Hall–Kier alpha value is -1.80. The second-order valence-electron chi connectivity index (χ2n) is 3.97. The number of hydrogen-bond acceptors (Lipinski definition) is 5. The van der Waals surface area contributed by atoms with Crippen LogP contribution in [-0.2, 0) is 10.1 Å². The van der Waals surface area contributed by atoms with Crippen LogP contribution in [0.4, 0.5) is 4.79 Å². The molecule has 0 aliphatic heterocycles. The van der Waals surface area contributed by atoms with E-state index in [1.807, 2.05) is 0 Å². The van der Waals surface area contributed by atoms with Crippen molar-refractivity contribution in [3.63, 3.8) is 0 Å². The molecule has 0 saturated carbocycles. The van der Waals surface area contributed by atoms with Gasteiger partial charge in [0, 0.05) is 10.0 Å². The predicted octanol–water partition coefficient (Wildman–Crippen LogP) is 3.82. The van der Waals surface area contributed by atoms with Crippen molar-refractivity contribution < 1.29 is 27.2 Å². The minimum atomic E-state index is -4.61. The number of benzene rings is 2. The van der Waals surface area contributed by atoms with E-state index in [-0.39, 0.29) is 10.8 Å². The molecular weight excluding hydrogens is 355 g/mol. The van der Waals surface area contributed by atoms with Crippen LogP contribution in [0.15, 0.2) is 47.4 Å². The number of hydrogen-bond donors (Lipinski definition) is 1. The summed E-state index contributed by atoms with van der Waals surface area (Å²) in [5, 5.41) is 0.498. The van der Waals surface area contributed by atoms with Gasteiger partial charge in [-0.3, -0.25) is 4.55 Å². The van der Waals surface area contributed by atoms with Crippen molar-refractivity contribution in [2.75, 3.05) is 0 Å². The Bertz CT molecular complexity index is 802. The second-order valence-corrected chi connectivity index (χ2v) is 6.24. The second kappa shape index (κ2) is 6.53. The summed E-state index contributed by atoms with van der Waals surface area (Å²) in [6.07, 6.45) is -1.19. The molecule has 0 radical (unpaired) electrons. The van der Waals surface area contributed by atoms with E-state index < -0.39 is 26.9 Å². The summed E-state index contributed by atoms with van der Waals surface area (Å²) in [5.74, 6) is -0.261. The molecule has 2 rings (SSSR count). The van der Waals surface area contributed by atoms with E-state index in [0.717, 1.165) is 12.1 Å². The van der Waals surface area contributed by atoms with Crippen LogP contribution < -0.4 is 9.47 Å². The molecule has 0 aliphatic carbocycles. The van der Waals surface area contributed by atoms with E-state index in [0.29, 0.717) is 5.02 Å². The summed E-state index contributed by atoms with van der Waals surface area (Å²) in [7, 11) is -4.61. The maximum absolute atomic E-state index is 11.6.